The summed E-state index contributed by atoms with van der Waals surface area (Å²) in [7, 11) is 1.59. The van der Waals surface area contributed by atoms with Gasteiger partial charge in [0.1, 0.15) is 11.5 Å². The van der Waals surface area contributed by atoms with E-state index in [4.69, 9.17) is 11.1 Å². The van der Waals surface area contributed by atoms with E-state index in [9.17, 15) is 0 Å². The molecule has 1 aromatic carbocycles. The molecule has 0 saturated carbocycles. The maximum atomic E-state index is 7.79. The lowest BCUT2D eigenvalue weighted by Crippen LogP contribution is -2.24. The number of benzene rings is 1. The largest absolute Gasteiger partial charge is 0.382 e. The summed E-state index contributed by atoms with van der Waals surface area (Å²) in [5, 5.41) is 7.79. The lowest BCUT2D eigenvalue weighted by molar-refractivity contribution is 1.34. The van der Waals surface area contributed by atoms with Gasteiger partial charge >= 0.3 is 0 Å². The van der Waals surface area contributed by atoms with Crippen LogP contribution in [0.2, 0.25) is 0 Å². The summed E-state index contributed by atoms with van der Waals surface area (Å²) in [5.74, 6) is 0.275. The van der Waals surface area contributed by atoms with E-state index in [1.54, 1.807) is 7.05 Å². The zero-order valence-electron chi connectivity index (χ0n) is 8.76. The van der Waals surface area contributed by atoms with Gasteiger partial charge in [-0.1, -0.05) is 23.8 Å². The Morgan fingerprint density at radius 2 is 2.00 bits per heavy atom. The summed E-state index contributed by atoms with van der Waals surface area (Å²) in [5.41, 5.74) is 8.97. The second-order valence-corrected chi connectivity index (χ2v) is 3.30. The standard InChI is InChI=1S/C11H15N3/c1-7-4-5-9(8(2)6-7)10(12)11(13)14-3/h4-6,12H,1-3H3,(H2,13,14). The SMILES string of the molecule is CN=C(N)C(=N)c1ccc(C)cc1C. The van der Waals surface area contributed by atoms with Crippen LogP contribution in [-0.2, 0) is 0 Å². The van der Waals surface area contributed by atoms with Gasteiger partial charge in [-0.25, -0.2) is 0 Å². The van der Waals surface area contributed by atoms with Crippen molar-refractivity contribution in [2.24, 2.45) is 10.7 Å². The number of amidine groups is 1. The van der Waals surface area contributed by atoms with Crippen molar-refractivity contribution in [1.82, 2.24) is 0 Å². The Labute approximate surface area is 84.2 Å². The number of nitrogens with two attached hydrogens (primary N) is 1. The highest BCUT2D eigenvalue weighted by Gasteiger charge is 2.07. The fourth-order valence-corrected chi connectivity index (χ4v) is 1.34. The molecule has 0 bridgehead atoms. The van der Waals surface area contributed by atoms with Crippen LogP contribution in [-0.4, -0.2) is 18.6 Å². The first kappa shape index (κ1) is 10.4. The summed E-state index contributed by atoms with van der Waals surface area (Å²) in [4.78, 5) is 3.80. The van der Waals surface area contributed by atoms with E-state index in [-0.39, 0.29) is 5.84 Å². The lowest BCUT2D eigenvalue weighted by Gasteiger charge is -2.07. The maximum absolute atomic E-state index is 7.79. The Morgan fingerprint density at radius 3 is 2.50 bits per heavy atom. The number of aryl methyl sites for hydroxylation is 2. The van der Waals surface area contributed by atoms with Crippen molar-refractivity contribution in [2.45, 2.75) is 13.8 Å². The molecule has 0 aliphatic carbocycles. The first-order valence-corrected chi connectivity index (χ1v) is 4.45. The molecule has 3 heteroatoms. The molecule has 3 nitrogen and oxygen atoms in total. The van der Waals surface area contributed by atoms with Gasteiger partial charge in [-0.05, 0) is 19.4 Å². The van der Waals surface area contributed by atoms with Gasteiger partial charge < -0.3 is 5.73 Å². The zero-order valence-corrected chi connectivity index (χ0v) is 8.76. The molecule has 1 aromatic rings. The highest BCUT2D eigenvalue weighted by Crippen LogP contribution is 2.11. The van der Waals surface area contributed by atoms with Gasteiger partial charge in [0.15, 0.2) is 0 Å². The molecule has 0 amide bonds. The van der Waals surface area contributed by atoms with Crippen LogP contribution >= 0.6 is 0 Å². The molecule has 0 aliphatic heterocycles. The van der Waals surface area contributed by atoms with E-state index in [0.717, 1.165) is 11.1 Å². The number of nitrogens with one attached hydrogen (secondary N) is 1. The minimum atomic E-state index is 0.275. The minimum Gasteiger partial charge on any atom is -0.382 e. The summed E-state index contributed by atoms with van der Waals surface area (Å²) in [6.45, 7) is 4.00. The summed E-state index contributed by atoms with van der Waals surface area (Å²) >= 11 is 0. The second kappa shape index (κ2) is 4.05. The topological polar surface area (TPSA) is 62.2 Å². The van der Waals surface area contributed by atoms with Gasteiger partial charge in [0.25, 0.3) is 0 Å². The van der Waals surface area contributed by atoms with E-state index in [2.05, 4.69) is 4.99 Å². The van der Waals surface area contributed by atoms with Crippen molar-refractivity contribution in [3.8, 4) is 0 Å². The van der Waals surface area contributed by atoms with Crippen molar-refractivity contribution in [3.63, 3.8) is 0 Å². The van der Waals surface area contributed by atoms with Crippen molar-refractivity contribution in [1.29, 1.82) is 5.41 Å². The van der Waals surface area contributed by atoms with Gasteiger partial charge in [0, 0.05) is 12.6 Å². The zero-order chi connectivity index (χ0) is 10.7. The molecular formula is C11H15N3. The van der Waals surface area contributed by atoms with Crippen molar-refractivity contribution >= 4 is 11.5 Å². The highest BCUT2D eigenvalue weighted by molar-refractivity contribution is 6.46. The molecule has 1 rings (SSSR count). The monoisotopic (exact) mass is 189 g/mol. The third-order valence-corrected chi connectivity index (χ3v) is 2.15. The molecule has 74 valence electrons. The molecule has 14 heavy (non-hydrogen) atoms. The molecular weight excluding hydrogens is 174 g/mol. The van der Waals surface area contributed by atoms with Crippen molar-refractivity contribution in [3.05, 3.63) is 34.9 Å². The van der Waals surface area contributed by atoms with Crippen LogP contribution in [0.3, 0.4) is 0 Å². The van der Waals surface area contributed by atoms with E-state index < -0.39 is 0 Å². The van der Waals surface area contributed by atoms with Crippen LogP contribution in [0.25, 0.3) is 0 Å². The molecule has 0 heterocycles. The molecule has 0 aliphatic rings. The van der Waals surface area contributed by atoms with E-state index in [1.165, 1.54) is 5.56 Å². The van der Waals surface area contributed by atoms with Crippen molar-refractivity contribution < 1.29 is 0 Å². The fraction of sp³-hybridized carbons (Fsp3) is 0.273. The van der Waals surface area contributed by atoms with Gasteiger partial charge in [0.2, 0.25) is 0 Å². The molecule has 0 aromatic heterocycles. The number of nitrogens with zero attached hydrogens (tertiary/aromatic N) is 1. The minimum absolute atomic E-state index is 0.275. The maximum Gasteiger partial charge on any atom is 0.144 e. The summed E-state index contributed by atoms with van der Waals surface area (Å²) < 4.78 is 0. The molecule has 0 fully saturated rings. The molecule has 0 radical (unpaired) electrons. The normalized spacial score (nSPS) is 11.5. The Kier molecular flexibility index (Phi) is 3.02. The van der Waals surface area contributed by atoms with Crippen LogP contribution in [0, 0.1) is 19.3 Å². The smallest absolute Gasteiger partial charge is 0.144 e. The molecule has 0 spiro atoms. The van der Waals surface area contributed by atoms with Crippen LogP contribution in [0.1, 0.15) is 16.7 Å². The number of hydrogen-bond acceptors (Lipinski definition) is 2. The van der Waals surface area contributed by atoms with E-state index in [1.807, 2.05) is 32.0 Å². The number of hydrogen-bond donors (Lipinski definition) is 2. The first-order valence-electron chi connectivity index (χ1n) is 4.45. The summed E-state index contributed by atoms with van der Waals surface area (Å²) in [6.07, 6.45) is 0. The Hall–Kier alpha value is -1.64. The first-order chi connectivity index (χ1) is 6.56. The molecule has 0 saturated heterocycles. The quantitative estimate of drug-likeness (QED) is 0.539. The molecule has 0 unspecified atom stereocenters. The predicted octanol–water partition coefficient (Wildman–Crippen LogP) is 1.66. The van der Waals surface area contributed by atoms with Crippen molar-refractivity contribution in [2.75, 3.05) is 7.05 Å². The Morgan fingerprint density at radius 1 is 1.36 bits per heavy atom. The van der Waals surface area contributed by atoms with Gasteiger partial charge in [-0.3, -0.25) is 10.4 Å². The Balaban J connectivity index is 3.14. The van der Waals surface area contributed by atoms with Gasteiger partial charge in [-0.2, -0.15) is 0 Å². The van der Waals surface area contributed by atoms with Crippen LogP contribution in [0.4, 0.5) is 0 Å². The number of rotatable bonds is 2. The predicted molar refractivity (Wildman–Crippen MR) is 60.3 cm³/mol. The summed E-state index contributed by atoms with van der Waals surface area (Å²) in [6, 6.07) is 5.91. The third kappa shape index (κ3) is 1.99. The van der Waals surface area contributed by atoms with Gasteiger partial charge in [0.05, 0.1) is 0 Å². The van der Waals surface area contributed by atoms with E-state index in [0.29, 0.717) is 5.71 Å². The van der Waals surface area contributed by atoms with Crippen LogP contribution < -0.4 is 5.73 Å². The van der Waals surface area contributed by atoms with Crippen LogP contribution in [0.5, 0.6) is 0 Å². The Bertz CT molecular complexity index is 392. The van der Waals surface area contributed by atoms with Crippen LogP contribution in [0.15, 0.2) is 23.2 Å². The average molecular weight is 189 g/mol. The fourth-order valence-electron chi connectivity index (χ4n) is 1.34. The number of aliphatic imine (C=N–C) groups is 1. The second-order valence-electron chi connectivity index (χ2n) is 3.30. The highest BCUT2D eigenvalue weighted by atomic mass is 14.8. The molecule has 0 atom stereocenters. The lowest BCUT2D eigenvalue weighted by atomic mass is 10.0. The average Bonchev–Trinajstić information content (AvgIpc) is 2.15. The van der Waals surface area contributed by atoms with Gasteiger partial charge in [-0.15, -0.1) is 0 Å². The molecule has 3 N–H and O–H groups in total. The third-order valence-electron chi connectivity index (χ3n) is 2.15. The van der Waals surface area contributed by atoms with E-state index >= 15 is 0 Å².